The van der Waals surface area contributed by atoms with Crippen molar-refractivity contribution in [3.05, 3.63) is 46.4 Å². The van der Waals surface area contributed by atoms with Gasteiger partial charge in [-0.15, -0.1) is 11.3 Å². The van der Waals surface area contributed by atoms with Gasteiger partial charge in [-0.2, -0.15) is 0 Å². The van der Waals surface area contributed by atoms with Crippen molar-refractivity contribution >= 4 is 17.2 Å². The van der Waals surface area contributed by atoms with Crippen LogP contribution in [-0.4, -0.2) is 10.5 Å². The van der Waals surface area contributed by atoms with Crippen LogP contribution in [0.3, 0.4) is 0 Å². The second-order valence-corrected chi connectivity index (χ2v) is 4.68. The number of rotatable bonds is 4. The summed E-state index contributed by atoms with van der Waals surface area (Å²) in [6.07, 6.45) is 2.45. The topological polar surface area (TPSA) is 34.0 Å². The van der Waals surface area contributed by atoms with E-state index in [-0.39, 0.29) is 5.91 Å². The first-order valence-corrected chi connectivity index (χ1v) is 6.03. The number of nitrogens with one attached hydrogen (secondary N) is 1. The highest BCUT2D eigenvalue weighted by atomic mass is 32.1. The minimum absolute atomic E-state index is 0.0728. The summed E-state index contributed by atoms with van der Waals surface area (Å²) in [6, 6.07) is 7.92. The Labute approximate surface area is 98.7 Å². The summed E-state index contributed by atoms with van der Waals surface area (Å²) in [5.41, 5.74) is 1.11. The molecule has 84 valence electrons. The number of aryl methyl sites for hydroxylation is 1. The number of thiophene rings is 1. The van der Waals surface area contributed by atoms with Crippen molar-refractivity contribution < 1.29 is 4.79 Å². The fraction of sp³-hybridized carbons (Fsp3) is 0.250. The molecular weight excluding hydrogens is 220 g/mol. The molecule has 0 saturated carbocycles. The molecule has 0 aliphatic heterocycles. The summed E-state index contributed by atoms with van der Waals surface area (Å²) >= 11 is 1.61. The van der Waals surface area contributed by atoms with Crippen LogP contribution in [0.2, 0.25) is 0 Å². The van der Waals surface area contributed by atoms with Crippen molar-refractivity contribution in [1.82, 2.24) is 9.88 Å². The number of hydrogen-bond donors (Lipinski definition) is 1. The van der Waals surface area contributed by atoms with Gasteiger partial charge in [0.2, 0.25) is 5.91 Å². The predicted molar refractivity (Wildman–Crippen MR) is 65.3 cm³/mol. The molecule has 0 bridgehead atoms. The van der Waals surface area contributed by atoms with Crippen LogP contribution in [0, 0.1) is 0 Å². The van der Waals surface area contributed by atoms with E-state index in [0.717, 1.165) is 10.6 Å². The zero-order valence-corrected chi connectivity index (χ0v) is 9.96. The van der Waals surface area contributed by atoms with Gasteiger partial charge < -0.3 is 9.88 Å². The number of nitrogens with zero attached hydrogens (tertiary/aromatic N) is 1. The first-order valence-electron chi connectivity index (χ1n) is 5.15. The summed E-state index contributed by atoms with van der Waals surface area (Å²) in [4.78, 5) is 12.7. The maximum Gasteiger partial charge on any atom is 0.225 e. The molecule has 2 aromatic heterocycles. The number of carbonyl (C=O) groups is 1. The van der Waals surface area contributed by atoms with Gasteiger partial charge in [0.25, 0.3) is 0 Å². The highest BCUT2D eigenvalue weighted by Crippen LogP contribution is 2.09. The lowest BCUT2D eigenvalue weighted by atomic mass is 10.3. The van der Waals surface area contributed by atoms with Crippen LogP contribution in [0.4, 0.5) is 0 Å². The Morgan fingerprint density at radius 1 is 1.44 bits per heavy atom. The van der Waals surface area contributed by atoms with Crippen molar-refractivity contribution in [2.24, 2.45) is 7.05 Å². The Morgan fingerprint density at radius 2 is 2.31 bits per heavy atom. The monoisotopic (exact) mass is 234 g/mol. The van der Waals surface area contributed by atoms with E-state index < -0.39 is 0 Å². The molecule has 16 heavy (non-hydrogen) atoms. The molecule has 2 rings (SSSR count). The molecule has 0 aliphatic rings. The molecule has 0 aliphatic carbocycles. The Bertz CT molecular complexity index is 459. The maximum atomic E-state index is 11.6. The summed E-state index contributed by atoms with van der Waals surface area (Å²) < 4.78 is 2.01. The number of aromatic nitrogens is 1. The van der Waals surface area contributed by atoms with E-state index in [2.05, 4.69) is 5.32 Å². The SMILES string of the molecule is Cn1cccc1CNC(=O)Cc1cccs1. The molecule has 2 heterocycles. The van der Waals surface area contributed by atoms with Crippen LogP contribution in [0.1, 0.15) is 10.6 Å². The molecule has 0 saturated heterocycles. The molecule has 0 fully saturated rings. The second kappa shape index (κ2) is 4.99. The molecule has 0 spiro atoms. The van der Waals surface area contributed by atoms with Gasteiger partial charge in [-0.1, -0.05) is 6.07 Å². The summed E-state index contributed by atoms with van der Waals surface area (Å²) in [5, 5.41) is 4.90. The first kappa shape index (κ1) is 11.0. The van der Waals surface area contributed by atoms with Gasteiger partial charge >= 0.3 is 0 Å². The normalized spacial score (nSPS) is 10.3. The fourth-order valence-electron chi connectivity index (χ4n) is 1.50. The van der Waals surface area contributed by atoms with E-state index in [0.29, 0.717) is 13.0 Å². The van der Waals surface area contributed by atoms with Crippen LogP contribution in [0.5, 0.6) is 0 Å². The largest absolute Gasteiger partial charge is 0.353 e. The Balaban J connectivity index is 1.82. The predicted octanol–water partition coefficient (Wildman–Crippen LogP) is 1.95. The zero-order chi connectivity index (χ0) is 11.4. The Hall–Kier alpha value is -1.55. The Kier molecular flexibility index (Phi) is 3.41. The third-order valence-corrected chi connectivity index (χ3v) is 3.31. The smallest absolute Gasteiger partial charge is 0.225 e. The van der Waals surface area contributed by atoms with E-state index in [9.17, 15) is 4.79 Å². The minimum Gasteiger partial charge on any atom is -0.353 e. The highest BCUT2D eigenvalue weighted by Gasteiger charge is 2.04. The molecule has 4 heteroatoms. The van der Waals surface area contributed by atoms with E-state index in [1.807, 2.05) is 47.5 Å². The van der Waals surface area contributed by atoms with Crippen molar-refractivity contribution in [2.75, 3.05) is 0 Å². The van der Waals surface area contributed by atoms with Crippen molar-refractivity contribution in [3.63, 3.8) is 0 Å². The van der Waals surface area contributed by atoms with Gasteiger partial charge in [0.1, 0.15) is 0 Å². The van der Waals surface area contributed by atoms with Crippen LogP contribution in [0.25, 0.3) is 0 Å². The molecule has 0 aromatic carbocycles. The second-order valence-electron chi connectivity index (χ2n) is 3.64. The zero-order valence-electron chi connectivity index (χ0n) is 9.14. The van der Waals surface area contributed by atoms with Gasteiger partial charge in [-0.25, -0.2) is 0 Å². The quantitative estimate of drug-likeness (QED) is 0.862. The third-order valence-electron chi connectivity index (χ3n) is 2.43. The lowest BCUT2D eigenvalue weighted by Crippen LogP contribution is -2.25. The molecule has 1 amide bonds. The van der Waals surface area contributed by atoms with Gasteiger partial charge in [-0.3, -0.25) is 4.79 Å². The van der Waals surface area contributed by atoms with Crippen molar-refractivity contribution in [3.8, 4) is 0 Å². The van der Waals surface area contributed by atoms with Crippen LogP contribution in [0.15, 0.2) is 35.8 Å². The van der Waals surface area contributed by atoms with Gasteiger partial charge in [0.05, 0.1) is 13.0 Å². The van der Waals surface area contributed by atoms with E-state index in [4.69, 9.17) is 0 Å². The minimum atomic E-state index is 0.0728. The molecule has 3 nitrogen and oxygen atoms in total. The number of amides is 1. The molecule has 0 atom stereocenters. The Morgan fingerprint density at radius 3 is 2.94 bits per heavy atom. The van der Waals surface area contributed by atoms with E-state index >= 15 is 0 Å². The molecule has 0 unspecified atom stereocenters. The molecule has 0 radical (unpaired) electrons. The van der Waals surface area contributed by atoms with Crippen molar-refractivity contribution in [1.29, 1.82) is 0 Å². The van der Waals surface area contributed by atoms with Crippen LogP contribution < -0.4 is 5.32 Å². The van der Waals surface area contributed by atoms with Crippen LogP contribution >= 0.6 is 11.3 Å². The summed E-state index contributed by atoms with van der Waals surface area (Å²) in [7, 11) is 1.97. The number of carbonyl (C=O) groups excluding carboxylic acids is 1. The highest BCUT2D eigenvalue weighted by molar-refractivity contribution is 7.10. The maximum absolute atomic E-state index is 11.6. The average molecular weight is 234 g/mol. The standard InChI is InChI=1S/C12H14N2OS/c1-14-6-2-4-10(14)9-13-12(15)8-11-5-3-7-16-11/h2-7H,8-9H2,1H3,(H,13,15). The van der Waals surface area contributed by atoms with Gasteiger partial charge in [-0.05, 0) is 23.6 Å². The van der Waals surface area contributed by atoms with E-state index in [1.165, 1.54) is 0 Å². The van der Waals surface area contributed by atoms with Crippen molar-refractivity contribution in [2.45, 2.75) is 13.0 Å². The van der Waals surface area contributed by atoms with Gasteiger partial charge in [0.15, 0.2) is 0 Å². The van der Waals surface area contributed by atoms with E-state index in [1.54, 1.807) is 11.3 Å². The lowest BCUT2D eigenvalue weighted by molar-refractivity contribution is -0.120. The first-order chi connectivity index (χ1) is 7.75. The van der Waals surface area contributed by atoms with Gasteiger partial charge in [0, 0.05) is 23.8 Å². The third kappa shape index (κ3) is 2.73. The fourth-order valence-corrected chi connectivity index (χ4v) is 2.21. The molecular formula is C12H14N2OS. The lowest BCUT2D eigenvalue weighted by Gasteiger charge is -2.05. The molecule has 2 aromatic rings. The number of hydrogen-bond acceptors (Lipinski definition) is 2. The summed E-state index contributed by atoms with van der Waals surface area (Å²) in [6.45, 7) is 0.591. The average Bonchev–Trinajstić information content (AvgIpc) is 2.87. The summed E-state index contributed by atoms with van der Waals surface area (Å²) in [5.74, 6) is 0.0728. The van der Waals surface area contributed by atoms with Crippen LogP contribution in [-0.2, 0) is 24.8 Å². The molecule has 1 N–H and O–H groups in total.